The van der Waals surface area contributed by atoms with Gasteiger partial charge in [0.15, 0.2) is 0 Å². The highest BCUT2D eigenvalue weighted by molar-refractivity contribution is 5.80. The van der Waals surface area contributed by atoms with Crippen molar-refractivity contribution in [1.29, 1.82) is 0 Å². The summed E-state index contributed by atoms with van der Waals surface area (Å²) in [7, 11) is 6.16. The zero-order chi connectivity index (χ0) is 12.3. The fourth-order valence-corrected chi connectivity index (χ4v) is 0.549. The Morgan fingerprint density at radius 3 is 1.94 bits per heavy atom. The minimum Gasteiger partial charge on any atom is -1.00 e. The van der Waals surface area contributed by atoms with E-state index in [9.17, 15) is 4.79 Å². The molecule has 0 saturated carbocycles. The molecule has 0 heterocycles. The number of hydrogen-bond donors (Lipinski definition) is 2. The van der Waals surface area contributed by atoms with E-state index >= 15 is 0 Å². The Kier molecular flexibility index (Phi) is 15.7. The molecular weight excluding hydrogens is 230 g/mol. The Labute approximate surface area is 104 Å². The summed E-state index contributed by atoms with van der Waals surface area (Å²) in [4.78, 5) is 9.75. The van der Waals surface area contributed by atoms with Crippen LogP contribution >= 0.6 is 0 Å². The number of halogens is 1. The standard InChI is InChI=1S/C6H8O2.C5H14NO.ClH/c1-2-3-4-5-6(7)8;1-6(2,3)4-5-7;/h2-5H,1H3,(H,7,8);7H,4-5H2,1-3H3;1H/q;+1;/p-1/b3-2+,5-4+;;. The van der Waals surface area contributed by atoms with Crippen molar-refractivity contribution in [2.24, 2.45) is 0 Å². The smallest absolute Gasteiger partial charge is 0.328 e. The van der Waals surface area contributed by atoms with Crippen molar-refractivity contribution in [2.45, 2.75) is 6.92 Å². The second-order valence-electron chi connectivity index (χ2n) is 3.96. The molecule has 96 valence electrons. The van der Waals surface area contributed by atoms with E-state index in [2.05, 4.69) is 21.1 Å². The summed E-state index contributed by atoms with van der Waals surface area (Å²) < 4.78 is 0.844. The maximum absolute atomic E-state index is 9.75. The van der Waals surface area contributed by atoms with Gasteiger partial charge in [-0.05, 0) is 6.92 Å². The van der Waals surface area contributed by atoms with Gasteiger partial charge in [0.25, 0.3) is 0 Å². The molecule has 16 heavy (non-hydrogen) atoms. The number of quaternary nitrogens is 1. The van der Waals surface area contributed by atoms with Crippen LogP contribution in [0, 0.1) is 0 Å². The highest BCUT2D eigenvalue weighted by atomic mass is 35.5. The zero-order valence-electron chi connectivity index (χ0n) is 10.4. The van der Waals surface area contributed by atoms with Crippen molar-refractivity contribution in [3.63, 3.8) is 0 Å². The van der Waals surface area contributed by atoms with Gasteiger partial charge in [0.2, 0.25) is 0 Å². The number of aliphatic hydroxyl groups excluding tert-OH is 1. The number of aliphatic hydroxyl groups is 1. The molecule has 0 amide bonds. The highest BCUT2D eigenvalue weighted by Crippen LogP contribution is 1.84. The molecule has 4 nitrogen and oxygen atoms in total. The number of nitrogens with zero attached hydrogens (tertiary/aromatic N) is 1. The van der Waals surface area contributed by atoms with E-state index in [1.54, 1.807) is 12.2 Å². The molecule has 5 heteroatoms. The lowest BCUT2D eigenvalue weighted by Gasteiger charge is -2.21. The molecule has 0 bridgehead atoms. The van der Waals surface area contributed by atoms with Crippen LogP contribution in [0.1, 0.15) is 6.92 Å². The van der Waals surface area contributed by atoms with Gasteiger partial charge < -0.3 is 27.1 Å². The first-order valence-corrected chi connectivity index (χ1v) is 4.77. The average molecular weight is 252 g/mol. The first-order valence-electron chi connectivity index (χ1n) is 4.77. The lowest BCUT2D eigenvalue weighted by molar-refractivity contribution is -0.870. The van der Waals surface area contributed by atoms with Gasteiger partial charge in [0.1, 0.15) is 6.54 Å². The second-order valence-corrected chi connectivity index (χ2v) is 3.96. The first-order chi connectivity index (χ1) is 6.83. The fraction of sp³-hybridized carbons (Fsp3) is 0.545. The van der Waals surface area contributed by atoms with Crippen molar-refractivity contribution >= 4 is 5.97 Å². The van der Waals surface area contributed by atoms with Gasteiger partial charge in [-0.2, -0.15) is 0 Å². The van der Waals surface area contributed by atoms with Crippen LogP contribution in [0.25, 0.3) is 0 Å². The molecule has 0 radical (unpaired) electrons. The molecule has 0 aromatic heterocycles. The number of carbonyl (C=O) groups is 1. The van der Waals surface area contributed by atoms with Crippen LogP contribution in [0.4, 0.5) is 0 Å². The van der Waals surface area contributed by atoms with E-state index < -0.39 is 5.97 Å². The van der Waals surface area contributed by atoms with E-state index in [4.69, 9.17) is 10.2 Å². The van der Waals surface area contributed by atoms with Crippen LogP contribution in [-0.4, -0.2) is 55.0 Å². The summed E-state index contributed by atoms with van der Waals surface area (Å²) in [5.41, 5.74) is 0. The van der Waals surface area contributed by atoms with E-state index in [1.165, 1.54) is 6.08 Å². The number of hydrogen-bond acceptors (Lipinski definition) is 2. The summed E-state index contributed by atoms with van der Waals surface area (Å²) in [5, 5.41) is 16.4. The molecule has 0 aliphatic rings. The molecule has 0 atom stereocenters. The highest BCUT2D eigenvalue weighted by Gasteiger charge is 2.02. The van der Waals surface area contributed by atoms with E-state index in [1.807, 2.05) is 6.92 Å². The minimum absolute atomic E-state index is 0. The molecule has 0 spiro atoms. The molecule has 2 N–H and O–H groups in total. The molecule has 0 aromatic carbocycles. The molecule has 0 saturated heterocycles. The SMILES string of the molecule is C/C=C/C=C/C(=O)O.C[N+](C)(C)CCO.[Cl-]. The van der Waals surface area contributed by atoms with Crippen LogP contribution in [0.15, 0.2) is 24.3 Å². The van der Waals surface area contributed by atoms with Gasteiger partial charge >= 0.3 is 5.97 Å². The summed E-state index contributed by atoms with van der Waals surface area (Å²) in [6, 6.07) is 0. The minimum atomic E-state index is -0.914. The molecule has 0 aliphatic carbocycles. The van der Waals surface area contributed by atoms with Gasteiger partial charge in [-0.1, -0.05) is 18.2 Å². The van der Waals surface area contributed by atoms with Crippen molar-refractivity contribution < 1.29 is 31.9 Å². The third kappa shape index (κ3) is 29.2. The lowest BCUT2D eigenvalue weighted by atomic mass is 10.4. The summed E-state index contributed by atoms with van der Waals surface area (Å²) in [5.74, 6) is -0.914. The molecule has 0 rings (SSSR count). The van der Waals surface area contributed by atoms with Crippen LogP contribution in [0.5, 0.6) is 0 Å². The van der Waals surface area contributed by atoms with Crippen LogP contribution < -0.4 is 12.4 Å². The molecule has 0 aromatic rings. The largest absolute Gasteiger partial charge is 1.00 e. The van der Waals surface area contributed by atoms with E-state index in [0.717, 1.165) is 17.1 Å². The zero-order valence-corrected chi connectivity index (χ0v) is 11.1. The Bertz CT molecular complexity index is 220. The van der Waals surface area contributed by atoms with E-state index in [-0.39, 0.29) is 19.0 Å². The first kappa shape index (κ1) is 20.6. The number of aliphatic carboxylic acids is 1. The Hall–Kier alpha value is -0.840. The van der Waals surface area contributed by atoms with Gasteiger partial charge in [0.05, 0.1) is 27.7 Å². The Balaban J connectivity index is -0.000000200. The summed E-state index contributed by atoms with van der Waals surface area (Å²) in [6.45, 7) is 2.94. The maximum Gasteiger partial charge on any atom is 0.328 e. The molecule has 0 aliphatic heterocycles. The van der Waals surface area contributed by atoms with Crippen molar-refractivity contribution in [1.82, 2.24) is 0 Å². The van der Waals surface area contributed by atoms with Gasteiger partial charge in [0, 0.05) is 6.08 Å². The molecule has 0 unspecified atom stereocenters. The average Bonchev–Trinajstić information content (AvgIpc) is 2.02. The predicted octanol–water partition coefficient (Wildman–Crippen LogP) is -2.11. The number of carboxylic acid groups (broad SMARTS) is 1. The van der Waals surface area contributed by atoms with Crippen LogP contribution in [0.2, 0.25) is 0 Å². The number of allylic oxidation sites excluding steroid dienone is 3. The topological polar surface area (TPSA) is 57.5 Å². The van der Waals surface area contributed by atoms with Gasteiger partial charge in [-0.15, -0.1) is 0 Å². The Morgan fingerprint density at radius 2 is 1.75 bits per heavy atom. The maximum atomic E-state index is 9.75. The monoisotopic (exact) mass is 251 g/mol. The summed E-state index contributed by atoms with van der Waals surface area (Å²) in [6.07, 6.45) is 5.98. The summed E-state index contributed by atoms with van der Waals surface area (Å²) >= 11 is 0. The van der Waals surface area contributed by atoms with E-state index in [0.29, 0.717) is 0 Å². The van der Waals surface area contributed by atoms with Crippen molar-refractivity contribution in [2.75, 3.05) is 34.3 Å². The number of carboxylic acids is 1. The third-order valence-corrected chi connectivity index (χ3v) is 1.31. The normalized spacial score (nSPS) is 10.8. The Morgan fingerprint density at radius 1 is 1.25 bits per heavy atom. The van der Waals surface area contributed by atoms with Crippen LogP contribution in [0.3, 0.4) is 0 Å². The lowest BCUT2D eigenvalue weighted by Crippen LogP contribution is -3.00. The number of rotatable bonds is 4. The number of likely N-dealkylation sites (N-methyl/N-ethyl adjacent to an activating group) is 1. The van der Waals surface area contributed by atoms with Crippen molar-refractivity contribution in [3.05, 3.63) is 24.3 Å². The second kappa shape index (κ2) is 12.2. The quantitative estimate of drug-likeness (QED) is 0.342. The fourth-order valence-electron chi connectivity index (χ4n) is 0.549. The van der Waals surface area contributed by atoms with Crippen LogP contribution in [-0.2, 0) is 4.79 Å². The predicted molar refractivity (Wildman–Crippen MR) is 61.6 cm³/mol. The van der Waals surface area contributed by atoms with Crippen molar-refractivity contribution in [3.8, 4) is 0 Å². The molecule has 0 fully saturated rings. The van der Waals surface area contributed by atoms with Gasteiger partial charge in [-0.25, -0.2) is 4.79 Å². The molecular formula is C11H22ClNO3. The third-order valence-electron chi connectivity index (χ3n) is 1.31. The van der Waals surface area contributed by atoms with Gasteiger partial charge in [-0.3, -0.25) is 0 Å².